The number of carbonyl (C=O) groups excluding carboxylic acids is 1. The summed E-state index contributed by atoms with van der Waals surface area (Å²) in [4.78, 5) is 14.8. The van der Waals surface area contributed by atoms with Crippen molar-refractivity contribution in [2.75, 3.05) is 13.1 Å². The molecule has 4 nitrogen and oxygen atoms in total. The molecule has 0 radical (unpaired) electrons. The van der Waals surface area contributed by atoms with Gasteiger partial charge in [0.05, 0.1) is 11.4 Å². The van der Waals surface area contributed by atoms with Gasteiger partial charge in [0.15, 0.2) is 5.60 Å². The minimum absolute atomic E-state index is 0.0667. The zero-order valence-corrected chi connectivity index (χ0v) is 17.4. The van der Waals surface area contributed by atoms with E-state index in [0.717, 1.165) is 34.4 Å². The molecule has 1 aromatic heterocycles. The largest absolute Gasteiger partial charge is 0.479 e. The lowest BCUT2D eigenvalue weighted by atomic mass is 9.86. The number of hydrogen-bond acceptors (Lipinski definition) is 2. The molecule has 0 N–H and O–H groups in total. The van der Waals surface area contributed by atoms with E-state index < -0.39 is 5.60 Å². The topological polar surface area (TPSA) is 34.5 Å². The number of likely N-dealkylation sites (tertiary alicyclic amines) is 1. The number of piperidine rings is 1. The molecule has 5 rings (SSSR count). The third-order valence-electron chi connectivity index (χ3n) is 5.65. The lowest BCUT2D eigenvalue weighted by Crippen LogP contribution is -2.50. The number of ether oxygens (including phenoxy) is 1. The Labute approximate surface area is 176 Å². The van der Waals surface area contributed by atoms with Crippen LogP contribution < -0.4 is 4.74 Å². The molecule has 1 saturated heterocycles. The van der Waals surface area contributed by atoms with E-state index in [9.17, 15) is 4.79 Å². The number of fused-ring (bicyclic) bond motifs is 4. The predicted octanol–water partition coefficient (Wildman–Crippen LogP) is 5.42. The third kappa shape index (κ3) is 2.85. The van der Waals surface area contributed by atoms with Gasteiger partial charge in [-0.25, -0.2) is 0 Å². The first-order chi connectivity index (χ1) is 13.6. The van der Waals surface area contributed by atoms with Crippen molar-refractivity contribution in [1.82, 2.24) is 9.47 Å². The lowest BCUT2D eigenvalue weighted by Gasteiger charge is -2.45. The molecule has 28 heavy (non-hydrogen) atoms. The molecule has 2 aromatic carbocycles. The molecule has 142 valence electrons. The molecular weight excluding hydrogens is 440 g/mol. The molecule has 0 atom stereocenters. The van der Waals surface area contributed by atoms with Gasteiger partial charge in [-0.05, 0) is 48.5 Å². The van der Waals surface area contributed by atoms with Crippen LogP contribution >= 0.6 is 27.5 Å². The van der Waals surface area contributed by atoms with Crippen LogP contribution in [0.1, 0.15) is 28.9 Å². The highest BCUT2D eigenvalue weighted by Crippen LogP contribution is 2.45. The molecule has 1 fully saturated rings. The maximum Gasteiger partial charge on any atom is 0.253 e. The predicted molar refractivity (Wildman–Crippen MR) is 112 cm³/mol. The van der Waals surface area contributed by atoms with Crippen LogP contribution in [0.3, 0.4) is 0 Å². The van der Waals surface area contributed by atoms with Crippen LogP contribution in [0.15, 0.2) is 65.3 Å². The Morgan fingerprint density at radius 1 is 1.07 bits per heavy atom. The fourth-order valence-electron chi connectivity index (χ4n) is 4.20. The van der Waals surface area contributed by atoms with Crippen molar-refractivity contribution in [3.05, 3.63) is 81.5 Å². The number of nitrogens with zero attached hydrogens (tertiary/aromatic N) is 2. The molecule has 0 unspecified atom stereocenters. The number of benzene rings is 2. The van der Waals surface area contributed by atoms with Crippen molar-refractivity contribution >= 4 is 33.4 Å². The molecule has 2 aliphatic rings. The number of carbonyl (C=O) groups is 1. The SMILES string of the molecule is O=C(c1ccc(Br)cc1)N1CCC2(CC1)Oc1cc(Cl)ccc1-n1cccc12. The summed E-state index contributed by atoms with van der Waals surface area (Å²) in [6.45, 7) is 1.30. The number of halogens is 2. The fourth-order valence-corrected chi connectivity index (χ4v) is 4.62. The maximum atomic E-state index is 12.9. The van der Waals surface area contributed by atoms with E-state index in [1.54, 1.807) is 0 Å². The average Bonchev–Trinajstić information content (AvgIpc) is 3.20. The van der Waals surface area contributed by atoms with E-state index in [1.165, 1.54) is 0 Å². The molecule has 0 bridgehead atoms. The van der Waals surface area contributed by atoms with Crippen LogP contribution in [0.25, 0.3) is 5.69 Å². The molecule has 0 aliphatic carbocycles. The third-order valence-corrected chi connectivity index (χ3v) is 6.42. The highest BCUT2D eigenvalue weighted by Gasteiger charge is 2.44. The number of hydrogen-bond donors (Lipinski definition) is 0. The summed E-state index contributed by atoms with van der Waals surface area (Å²) in [5.41, 5.74) is 2.42. The van der Waals surface area contributed by atoms with Crippen LogP contribution in [0.2, 0.25) is 5.02 Å². The van der Waals surface area contributed by atoms with Crippen LogP contribution in [0.5, 0.6) is 5.75 Å². The van der Waals surface area contributed by atoms with E-state index in [2.05, 4.69) is 32.8 Å². The summed E-state index contributed by atoms with van der Waals surface area (Å²) in [5.74, 6) is 0.862. The smallest absolute Gasteiger partial charge is 0.253 e. The van der Waals surface area contributed by atoms with Crippen molar-refractivity contribution in [3.63, 3.8) is 0 Å². The Morgan fingerprint density at radius 2 is 1.82 bits per heavy atom. The summed E-state index contributed by atoms with van der Waals surface area (Å²) < 4.78 is 9.68. The zero-order valence-electron chi connectivity index (χ0n) is 15.1. The van der Waals surface area contributed by atoms with Crippen LogP contribution in [0.4, 0.5) is 0 Å². The van der Waals surface area contributed by atoms with Gasteiger partial charge in [0.2, 0.25) is 0 Å². The molecule has 0 saturated carbocycles. The van der Waals surface area contributed by atoms with Crippen LogP contribution in [0, 0.1) is 0 Å². The summed E-state index contributed by atoms with van der Waals surface area (Å²) in [6, 6.07) is 17.4. The highest BCUT2D eigenvalue weighted by molar-refractivity contribution is 9.10. The minimum Gasteiger partial charge on any atom is -0.479 e. The van der Waals surface area contributed by atoms with E-state index in [1.807, 2.05) is 53.4 Å². The van der Waals surface area contributed by atoms with Gasteiger partial charge in [-0.3, -0.25) is 4.79 Å². The maximum absolute atomic E-state index is 12.9. The Kier molecular flexibility index (Phi) is 4.25. The minimum atomic E-state index is -0.433. The number of rotatable bonds is 1. The first-order valence-corrected chi connectivity index (χ1v) is 10.4. The van der Waals surface area contributed by atoms with Crippen molar-refractivity contribution in [2.45, 2.75) is 18.4 Å². The van der Waals surface area contributed by atoms with Gasteiger partial charge in [0.25, 0.3) is 5.91 Å². The van der Waals surface area contributed by atoms with Gasteiger partial charge >= 0.3 is 0 Å². The van der Waals surface area contributed by atoms with E-state index in [4.69, 9.17) is 16.3 Å². The second-order valence-electron chi connectivity index (χ2n) is 7.27. The summed E-state index contributed by atoms with van der Waals surface area (Å²) in [6.07, 6.45) is 3.54. The molecular formula is C22H18BrClN2O2. The Hall–Kier alpha value is -2.24. The Bertz CT molecular complexity index is 1050. The van der Waals surface area contributed by atoms with E-state index in [0.29, 0.717) is 23.7 Å². The quantitative estimate of drug-likeness (QED) is 0.489. The zero-order chi connectivity index (χ0) is 19.3. The van der Waals surface area contributed by atoms with Crippen molar-refractivity contribution in [2.24, 2.45) is 0 Å². The van der Waals surface area contributed by atoms with Crippen molar-refractivity contribution in [1.29, 1.82) is 0 Å². The summed E-state index contributed by atoms with van der Waals surface area (Å²) in [5, 5.41) is 0.660. The van der Waals surface area contributed by atoms with Crippen LogP contribution in [-0.4, -0.2) is 28.5 Å². The summed E-state index contributed by atoms with van der Waals surface area (Å²) in [7, 11) is 0. The highest BCUT2D eigenvalue weighted by atomic mass is 79.9. The normalized spacial score (nSPS) is 17.0. The average molecular weight is 458 g/mol. The monoisotopic (exact) mass is 456 g/mol. The van der Waals surface area contributed by atoms with Gasteiger partial charge in [-0.1, -0.05) is 27.5 Å². The first kappa shape index (κ1) is 17.8. The lowest BCUT2D eigenvalue weighted by molar-refractivity contribution is -0.00929. The van der Waals surface area contributed by atoms with E-state index >= 15 is 0 Å². The van der Waals surface area contributed by atoms with Crippen molar-refractivity contribution in [3.8, 4) is 11.4 Å². The van der Waals surface area contributed by atoms with Crippen LogP contribution in [-0.2, 0) is 5.60 Å². The summed E-state index contributed by atoms with van der Waals surface area (Å²) >= 11 is 9.62. The van der Waals surface area contributed by atoms with Gasteiger partial charge in [-0.15, -0.1) is 0 Å². The molecule has 2 aliphatic heterocycles. The molecule has 1 amide bonds. The molecule has 3 heterocycles. The number of amides is 1. The number of aromatic nitrogens is 1. The van der Waals surface area contributed by atoms with Gasteiger partial charge < -0.3 is 14.2 Å². The van der Waals surface area contributed by atoms with Crippen molar-refractivity contribution < 1.29 is 9.53 Å². The Morgan fingerprint density at radius 3 is 2.57 bits per heavy atom. The second-order valence-corrected chi connectivity index (χ2v) is 8.62. The fraction of sp³-hybridized carbons (Fsp3) is 0.227. The second kappa shape index (κ2) is 6.68. The van der Waals surface area contributed by atoms with Gasteiger partial charge in [0.1, 0.15) is 5.75 Å². The van der Waals surface area contributed by atoms with Gasteiger partial charge in [-0.2, -0.15) is 0 Å². The first-order valence-electron chi connectivity index (χ1n) is 9.27. The molecule has 1 spiro atoms. The van der Waals surface area contributed by atoms with E-state index in [-0.39, 0.29) is 5.91 Å². The standard InChI is InChI=1S/C22H18BrClN2O2/c23-16-5-3-15(4-6-16)21(27)25-12-9-22(10-13-25)20-2-1-11-26(20)18-8-7-17(24)14-19(18)28-22/h1-8,11,14H,9-10,12-13H2. The van der Waals surface area contributed by atoms with Gasteiger partial charge in [0, 0.05) is 53.3 Å². The molecule has 6 heteroatoms. The molecule has 3 aromatic rings. The Balaban J connectivity index is 1.41.